The molecular weight excluding hydrogens is 312 g/mol. The summed E-state index contributed by atoms with van der Waals surface area (Å²) in [6.45, 7) is 16.4. The maximum absolute atomic E-state index is 5.79. The molecule has 0 aliphatic rings. The van der Waals surface area contributed by atoms with Gasteiger partial charge < -0.3 is 28.4 Å². The van der Waals surface area contributed by atoms with Crippen LogP contribution >= 0.6 is 0 Å². The van der Waals surface area contributed by atoms with E-state index >= 15 is 0 Å². The zero-order valence-electron chi connectivity index (χ0n) is 16.4. The molecule has 24 heavy (non-hydrogen) atoms. The molecule has 0 unspecified atom stereocenters. The van der Waals surface area contributed by atoms with Crippen molar-refractivity contribution in [2.45, 2.75) is 66.0 Å². The summed E-state index contributed by atoms with van der Waals surface area (Å²) < 4.78 is 33.4. The third-order valence-electron chi connectivity index (χ3n) is 2.85. The summed E-state index contributed by atoms with van der Waals surface area (Å²) in [6.07, 6.45) is 0.538. The Kier molecular flexibility index (Phi) is 16.1. The summed E-state index contributed by atoms with van der Waals surface area (Å²) in [4.78, 5) is 0. The van der Waals surface area contributed by atoms with Crippen molar-refractivity contribution in [3.05, 3.63) is 0 Å². The van der Waals surface area contributed by atoms with Gasteiger partial charge in [0.2, 0.25) is 0 Å². The molecule has 0 atom stereocenters. The summed E-state index contributed by atoms with van der Waals surface area (Å²) in [5.74, 6) is 0. The second-order valence-electron chi connectivity index (χ2n) is 6.40. The van der Waals surface area contributed by atoms with Crippen LogP contribution in [0.4, 0.5) is 0 Å². The van der Waals surface area contributed by atoms with E-state index in [-0.39, 0.29) is 24.4 Å². The van der Waals surface area contributed by atoms with E-state index in [4.69, 9.17) is 28.4 Å². The zero-order valence-corrected chi connectivity index (χ0v) is 16.4. The van der Waals surface area contributed by atoms with Crippen molar-refractivity contribution in [1.82, 2.24) is 0 Å². The van der Waals surface area contributed by atoms with Crippen molar-refractivity contribution < 1.29 is 28.4 Å². The lowest BCUT2D eigenvalue weighted by Gasteiger charge is -2.19. The van der Waals surface area contributed by atoms with Crippen LogP contribution in [0.25, 0.3) is 0 Å². The third kappa shape index (κ3) is 18.1. The molecule has 6 nitrogen and oxygen atoms in total. The Hall–Kier alpha value is -0.240. The van der Waals surface area contributed by atoms with Gasteiger partial charge in [0.05, 0.1) is 71.2 Å². The molecule has 0 aromatic heterocycles. The topological polar surface area (TPSA) is 55.4 Å². The number of rotatable bonds is 17. The molecule has 0 spiro atoms. The van der Waals surface area contributed by atoms with Gasteiger partial charge in [0.25, 0.3) is 0 Å². The molecule has 6 heteroatoms. The van der Waals surface area contributed by atoms with Crippen molar-refractivity contribution in [3.8, 4) is 0 Å². The largest absolute Gasteiger partial charge is 0.376 e. The normalized spacial score (nSPS) is 12.2. The van der Waals surface area contributed by atoms with E-state index in [9.17, 15) is 0 Å². The minimum absolute atomic E-state index is 0.112. The summed E-state index contributed by atoms with van der Waals surface area (Å²) >= 11 is 0. The molecule has 0 radical (unpaired) electrons. The quantitative estimate of drug-likeness (QED) is 0.376. The fourth-order valence-corrected chi connectivity index (χ4v) is 1.76. The Morgan fingerprint density at radius 2 is 0.792 bits per heavy atom. The van der Waals surface area contributed by atoms with Crippen LogP contribution in [-0.2, 0) is 28.4 Å². The molecular formula is C18H38O6. The molecule has 0 amide bonds. The maximum atomic E-state index is 5.79. The highest BCUT2D eigenvalue weighted by molar-refractivity contribution is 4.56. The predicted molar refractivity (Wildman–Crippen MR) is 94.6 cm³/mol. The first-order valence-electron chi connectivity index (χ1n) is 9.03. The standard InChI is InChI=1S/C18H38O6/c1-15(2)21-9-7-19-13-18(24-12-11-23-17(5)6)14-20-8-10-22-16(3)4/h15-18H,7-14H2,1-6H3. The highest BCUT2D eigenvalue weighted by atomic mass is 16.6. The lowest BCUT2D eigenvalue weighted by atomic mass is 10.4. The van der Waals surface area contributed by atoms with Gasteiger partial charge in [0, 0.05) is 0 Å². The minimum atomic E-state index is -0.112. The van der Waals surface area contributed by atoms with Crippen LogP contribution < -0.4 is 0 Å². The Morgan fingerprint density at radius 1 is 0.458 bits per heavy atom. The SMILES string of the molecule is CC(C)OCCOCC(COCCOC(C)C)OCCOC(C)C. The van der Waals surface area contributed by atoms with Crippen molar-refractivity contribution >= 4 is 0 Å². The second-order valence-corrected chi connectivity index (χ2v) is 6.40. The van der Waals surface area contributed by atoms with Gasteiger partial charge in [-0.3, -0.25) is 0 Å². The maximum Gasteiger partial charge on any atom is 0.104 e. The molecule has 0 saturated carbocycles. The third-order valence-corrected chi connectivity index (χ3v) is 2.85. The molecule has 0 saturated heterocycles. The molecule has 0 aromatic rings. The van der Waals surface area contributed by atoms with Gasteiger partial charge >= 0.3 is 0 Å². The predicted octanol–water partition coefficient (Wildman–Crippen LogP) is 2.68. The highest BCUT2D eigenvalue weighted by Crippen LogP contribution is 1.98. The smallest absolute Gasteiger partial charge is 0.104 e. The van der Waals surface area contributed by atoms with Gasteiger partial charge in [-0.25, -0.2) is 0 Å². The fraction of sp³-hybridized carbons (Fsp3) is 1.00. The van der Waals surface area contributed by atoms with Crippen LogP contribution in [0, 0.1) is 0 Å². The van der Waals surface area contributed by atoms with Gasteiger partial charge in [-0.15, -0.1) is 0 Å². The Bertz CT molecular complexity index is 240. The van der Waals surface area contributed by atoms with Crippen molar-refractivity contribution in [2.75, 3.05) is 52.9 Å². The minimum Gasteiger partial charge on any atom is -0.376 e. The summed E-state index contributed by atoms with van der Waals surface area (Å²) in [5, 5.41) is 0. The van der Waals surface area contributed by atoms with Crippen LogP contribution in [-0.4, -0.2) is 77.3 Å². The first-order chi connectivity index (χ1) is 11.4. The molecule has 0 aliphatic heterocycles. The van der Waals surface area contributed by atoms with Gasteiger partial charge in [0.1, 0.15) is 6.10 Å². The van der Waals surface area contributed by atoms with E-state index in [1.807, 2.05) is 41.5 Å². The first kappa shape index (κ1) is 23.8. The van der Waals surface area contributed by atoms with E-state index < -0.39 is 0 Å². The number of hydrogen-bond donors (Lipinski definition) is 0. The molecule has 146 valence electrons. The lowest BCUT2D eigenvalue weighted by molar-refractivity contribution is -0.0898. The summed E-state index contributed by atoms with van der Waals surface area (Å²) in [6, 6.07) is 0. The summed E-state index contributed by atoms with van der Waals surface area (Å²) in [5.41, 5.74) is 0. The van der Waals surface area contributed by atoms with E-state index in [0.29, 0.717) is 52.9 Å². The summed E-state index contributed by atoms with van der Waals surface area (Å²) in [7, 11) is 0. The molecule has 0 aliphatic carbocycles. The molecule has 0 aromatic carbocycles. The zero-order chi connectivity index (χ0) is 18.2. The van der Waals surface area contributed by atoms with Gasteiger partial charge in [-0.1, -0.05) is 0 Å². The average Bonchev–Trinajstić information content (AvgIpc) is 2.49. The highest BCUT2D eigenvalue weighted by Gasteiger charge is 2.10. The van der Waals surface area contributed by atoms with Crippen molar-refractivity contribution in [2.24, 2.45) is 0 Å². The van der Waals surface area contributed by atoms with Gasteiger partial charge in [-0.2, -0.15) is 0 Å². The van der Waals surface area contributed by atoms with Crippen LogP contribution in [0.15, 0.2) is 0 Å². The van der Waals surface area contributed by atoms with Gasteiger partial charge in [0.15, 0.2) is 0 Å². The van der Waals surface area contributed by atoms with Gasteiger partial charge in [-0.05, 0) is 41.5 Å². The van der Waals surface area contributed by atoms with E-state index in [1.165, 1.54) is 0 Å². The van der Waals surface area contributed by atoms with Crippen molar-refractivity contribution in [1.29, 1.82) is 0 Å². The lowest BCUT2D eigenvalue weighted by Crippen LogP contribution is -2.29. The van der Waals surface area contributed by atoms with E-state index in [0.717, 1.165) is 0 Å². The Morgan fingerprint density at radius 3 is 1.17 bits per heavy atom. The molecule has 0 heterocycles. The van der Waals surface area contributed by atoms with Crippen LogP contribution in [0.1, 0.15) is 41.5 Å². The second kappa shape index (κ2) is 16.2. The molecule has 0 fully saturated rings. The average molecular weight is 350 g/mol. The fourth-order valence-electron chi connectivity index (χ4n) is 1.76. The van der Waals surface area contributed by atoms with E-state index in [2.05, 4.69) is 0 Å². The number of ether oxygens (including phenoxy) is 6. The first-order valence-corrected chi connectivity index (χ1v) is 9.03. The van der Waals surface area contributed by atoms with Crippen LogP contribution in [0.5, 0.6) is 0 Å². The molecule has 0 bridgehead atoms. The van der Waals surface area contributed by atoms with Crippen LogP contribution in [0.2, 0.25) is 0 Å². The van der Waals surface area contributed by atoms with Crippen LogP contribution in [0.3, 0.4) is 0 Å². The van der Waals surface area contributed by atoms with Crippen molar-refractivity contribution in [3.63, 3.8) is 0 Å². The van der Waals surface area contributed by atoms with E-state index in [1.54, 1.807) is 0 Å². The molecule has 0 rings (SSSR count). The molecule has 0 N–H and O–H groups in total. The Labute approximate surface area is 148 Å². The monoisotopic (exact) mass is 350 g/mol. The number of hydrogen-bond acceptors (Lipinski definition) is 6. The Balaban J connectivity index is 3.86.